The maximum atomic E-state index is 3.78. The summed E-state index contributed by atoms with van der Waals surface area (Å²) in [6.45, 7) is 3.63. The molecule has 0 bridgehead atoms. The van der Waals surface area contributed by atoms with E-state index >= 15 is 0 Å². The zero-order valence-electron chi connectivity index (χ0n) is 13.2. The summed E-state index contributed by atoms with van der Waals surface area (Å²) in [4.78, 5) is 0. The topological polar surface area (TPSA) is 12.0 Å². The van der Waals surface area contributed by atoms with Crippen LogP contribution in [0.2, 0.25) is 0 Å². The molecule has 2 fully saturated rings. The lowest BCUT2D eigenvalue weighted by Crippen LogP contribution is -2.35. The predicted molar refractivity (Wildman–Crippen MR) is 98.5 cm³/mol. The minimum absolute atomic E-state index is 0.854. The van der Waals surface area contributed by atoms with Crippen LogP contribution in [0.5, 0.6) is 0 Å². The van der Waals surface area contributed by atoms with E-state index in [-0.39, 0.29) is 0 Å². The highest BCUT2D eigenvalue weighted by atomic mass is 127. The molecule has 3 atom stereocenters. The molecule has 0 amide bonds. The van der Waals surface area contributed by atoms with Gasteiger partial charge in [0.1, 0.15) is 0 Å². The van der Waals surface area contributed by atoms with E-state index in [1.54, 1.807) is 0 Å². The van der Waals surface area contributed by atoms with E-state index in [1.165, 1.54) is 60.6 Å². The van der Waals surface area contributed by atoms with Crippen molar-refractivity contribution in [2.45, 2.75) is 57.9 Å². The smallest absolute Gasteiger partial charge is 0.0130 e. The summed E-state index contributed by atoms with van der Waals surface area (Å²) >= 11 is 2.40. The van der Waals surface area contributed by atoms with Crippen LogP contribution in [0.15, 0.2) is 24.3 Å². The van der Waals surface area contributed by atoms with Crippen molar-refractivity contribution in [3.63, 3.8) is 0 Å². The normalized spacial score (nSPS) is 29.5. The second-order valence-corrected chi connectivity index (χ2v) is 8.37. The zero-order chi connectivity index (χ0) is 14.7. The van der Waals surface area contributed by atoms with Gasteiger partial charge in [-0.25, -0.2) is 0 Å². The quantitative estimate of drug-likeness (QED) is 0.664. The highest BCUT2D eigenvalue weighted by molar-refractivity contribution is 14.1. The molecule has 116 valence electrons. The molecule has 0 heterocycles. The van der Waals surface area contributed by atoms with Gasteiger partial charge in [-0.2, -0.15) is 0 Å². The Labute approximate surface area is 143 Å². The molecular formula is C19H28IN. The van der Waals surface area contributed by atoms with Crippen molar-refractivity contribution in [3.05, 3.63) is 33.4 Å². The molecule has 1 aromatic carbocycles. The maximum Gasteiger partial charge on any atom is 0.0130 e. The number of hydrogen-bond acceptors (Lipinski definition) is 1. The number of nitrogens with one attached hydrogen (secondary N) is 1. The molecule has 0 aromatic heterocycles. The van der Waals surface area contributed by atoms with Crippen LogP contribution in [0.1, 0.15) is 51.0 Å². The van der Waals surface area contributed by atoms with Gasteiger partial charge in [-0.3, -0.25) is 0 Å². The van der Waals surface area contributed by atoms with Crippen LogP contribution < -0.4 is 5.32 Å². The standard InChI is InChI=1S/C19H28IN/c1-2-14-3-6-16(13-21-19-9-10-19)17(11-14)12-15-4-7-18(20)8-5-15/h4-5,7-8,14,16-17,19,21H,2-3,6,9-13H2,1H3. The van der Waals surface area contributed by atoms with Gasteiger partial charge in [-0.15, -0.1) is 0 Å². The van der Waals surface area contributed by atoms with Crippen LogP contribution in [-0.4, -0.2) is 12.6 Å². The first-order valence-corrected chi connectivity index (χ1v) is 9.80. The lowest BCUT2D eigenvalue weighted by molar-refractivity contribution is 0.171. The minimum atomic E-state index is 0.854. The van der Waals surface area contributed by atoms with E-state index in [1.807, 2.05) is 0 Å². The highest BCUT2D eigenvalue weighted by Crippen LogP contribution is 2.37. The van der Waals surface area contributed by atoms with Gasteiger partial charge in [-0.1, -0.05) is 31.9 Å². The van der Waals surface area contributed by atoms with Crippen LogP contribution in [0, 0.1) is 21.3 Å². The largest absolute Gasteiger partial charge is 0.314 e. The van der Waals surface area contributed by atoms with Crippen molar-refractivity contribution in [2.75, 3.05) is 6.54 Å². The molecule has 1 N–H and O–H groups in total. The molecule has 0 spiro atoms. The third kappa shape index (κ3) is 4.69. The summed E-state index contributed by atoms with van der Waals surface area (Å²) in [5.41, 5.74) is 1.54. The molecule has 0 radical (unpaired) electrons. The van der Waals surface area contributed by atoms with E-state index < -0.39 is 0 Å². The van der Waals surface area contributed by atoms with E-state index in [4.69, 9.17) is 0 Å². The summed E-state index contributed by atoms with van der Waals surface area (Å²) in [5, 5.41) is 3.78. The second-order valence-electron chi connectivity index (χ2n) is 7.12. The van der Waals surface area contributed by atoms with Gasteiger partial charge in [-0.05, 0) is 96.7 Å². The number of benzene rings is 1. The number of rotatable bonds is 6. The van der Waals surface area contributed by atoms with Crippen molar-refractivity contribution >= 4 is 22.6 Å². The van der Waals surface area contributed by atoms with Crippen molar-refractivity contribution in [1.82, 2.24) is 5.32 Å². The molecule has 2 aliphatic carbocycles. The zero-order valence-corrected chi connectivity index (χ0v) is 15.3. The first kappa shape index (κ1) is 15.8. The Morgan fingerprint density at radius 1 is 1.05 bits per heavy atom. The Bertz CT molecular complexity index is 437. The molecule has 2 saturated carbocycles. The molecule has 3 unspecified atom stereocenters. The molecule has 21 heavy (non-hydrogen) atoms. The van der Waals surface area contributed by atoms with E-state index in [2.05, 4.69) is 59.1 Å². The van der Waals surface area contributed by atoms with Gasteiger partial charge in [0.2, 0.25) is 0 Å². The fourth-order valence-corrected chi connectivity index (χ4v) is 4.20. The third-order valence-electron chi connectivity index (χ3n) is 5.48. The second kappa shape index (κ2) is 7.45. The maximum absolute atomic E-state index is 3.78. The third-order valence-corrected chi connectivity index (χ3v) is 6.20. The number of halogens is 1. The van der Waals surface area contributed by atoms with Crippen LogP contribution in [0.25, 0.3) is 0 Å². The highest BCUT2D eigenvalue weighted by Gasteiger charge is 2.31. The average molecular weight is 397 g/mol. The Kier molecular flexibility index (Phi) is 5.60. The Balaban J connectivity index is 1.61. The summed E-state index contributed by atoms with van der Waals surface area (Å²) in [7, 11) is 0. The monoisotopic (exact) mass is 397 g/mol. The van der Waals surface area contributed by atoms with Gasteiger partial charge in [0.15, 0.2) is 0 Å². The summed E-state index contributed by atoms with van der Waals surface area (Å²) in [5.74, 6) is 2.75. The van der Waals surface area contributed by atoms with Gasteiger partial charge in [0, 0.05) is 9.61 Å². The molecule has 0 aliphatic heterocycles. The first-order valence-electron chi connectivity index (χ1n) is 8.72. The van der Waals surface area contributed by atoms with Crippen molar-refractivity contribution in [1.29, 1.82) is 0 Å². The summed E-state index contributed by atoms with van der Waals surface area (Å²) < 4.78 is 1.35. The molecule has 1 aromatic rings. The summed E-state index contributed by atoms with van der Waals surface area (Å²) in [6, 6.07) is 10.0. The van der Waals surface area contributed by atoms with E-state index in [0.717, 1.165) is 23.8 Å². The van der Waals surface area contributed by atoms with Crippen LogP contribution >= 0.6 is 22.6 Å². The lowest BCUT2D eigenvalue weighted by atomic mass is 9.71. The number of hydrogen-bond donors (Lipinski definition) is 1. The molecular weight excluding hydrogens is 369 g/mol. The Hall–Kier alpha value is -0.0900. The fourth-order valence-electron chi connectivity index (χ4n) is 3.84. The minimum Gasteiger partial charge on any atom is -0.314 e. The van der Waals surface area contributed by atoms with E-state index in [9.17, 15) is 0 Å². The average Bonchev–Trinajstić information content (AvgIpc) is 3.32. The van der Waals surface area contributed by atoms with Crippen LogP contribution in [-0.2, 0) is 6.42 Å². The Morgan fingerprint density at radius 3 is 2.48 bits per heavy atom. The van der Waals surface area contributed by atoms with Gasteiger partial charge in [0.25, 0.3) is 0 Å². The van der Waals surface area contributed by atoms with Gasteiger partial charge in [0.05, 0.1) is 0 Å². The van der Waals surface area contributed by atoms with Crippen molar-refractivity contribution in [2.24, 2.45) is 17.8 Å². The van der Waals surface area contributed by atoms with Crippen LogP contribution in [0.4, 0.5) is 0 Å². The predicted octanol–water partition coefficient (Wildman–Crippen LogP) is 5.03. The van der Waals surface area contributed by atoms with E-state index in [0.29, 0.717) is 0 Å². The van der Waals surface area contributed by atoms with Crippen molar-refractivity contribution < 1.29 is 0 Å². The molecule has 0 saturated heterocycles. The fraction of sp³-hybridized carbons (Fsp3) is 0.684. The molecule has 3 rings (SSSR count). The van der Waals surface area contributed by atoms with Crippen molar-refractivity contribution in [3.8, 4) is 0 Å². The lowest BCUT2D eigenvalue weighted by Gasteiger charge is -2.36. The molecule has 1 nitrogen and oxygen atoms in total. The van der Waals surface area contributed by atoms with Crippen LogP contribution in [0.3, 0.4) is 0 Å². The molecule has 2 heteroatoms. The SMILES string of the molecule is CCC1CCC(CNC2CC2)C(Cc2ccc(I)cc2)C1. The first-order chi connectivity index (χ1) is 10.2. The van der Waals surface area contributed by atoms with Gasteiger partial charge < -0.3 is 5.32 Å². The molecule has 2 aliphatic rings. The van der Waals surface area contributed by atoms with Gasteiger partial charge >= 0.3 is 0 Å². The Morgan fingerprint density at radius 2 is 1.81 bits per heavy atom. The summed E-state index contributed by atoms with van der Waals surface area (Å²) in [6.07, 6.45) is 9.80.